The minimum absolute atomic E-state index is 0.101. The Kier molecular flexibility index (Phi) is 3.70. The molecule has 0 N–H and O–H groups in total. The monoisotopic (exact) mass is 305 g/mol. The molecule has 13 heavy (non-hydrogen) atoms. The predicted octanol–water partition coefficient (Wildman–Crippen LogP) is 3.04. The number of carbonyl (C=O) groups is 1. The lowest BCUT2D eigenvalue weighted by Gasteiger charge is -1.98. The molecule has 0 unspecified atom stereocenters. The van der Waals surface area contributed by atoms with Crippen molar-refractivity contribution < 1.29 is 4.79 Å². The Morgan fingerprint density at radius 1 is 1.54 bits per heavy atom. The maximum absolute atomic E-state index is 11.3. The lowest BCUT2D eigenvalue weighted by atomic mass is 10.1. The van der Waals surface area contributed by atoms with Gasteiger partial charge < -0.3 is 0 Å². The summed E-state index contributed by atoms with van der Waals surface area (Å²) < 4.78 is 0.895. The third kappa shape index (κ3) is 2.98. The Balaban J connectivity index is 3.02. The van der Waals surface area contributed by atoms with Crippen molar-refractivity contribution in [3.8, 4) is 6.07 Å². The van der Waals surface area contributed by atoms with Crippen molar-refractivity contribution in [3.05, 3.63) is 32.4 Å². The van der Waals surface area contributed by atoms with E-state index in [1.807, 2.05) is 6.07 Å². The summed E-state index contributed by atoms with van der Waals surface area (Å²) in [6.45, 7) is 0. The lowest BCUT2D eigenvalue weighted by molar-refractivity contribution is 0.0997. The van der Waals surface area contributed by atoms with Gasteiger partial charge in [0.15, 0.2) is 5.78 Å². The van der Waals surface area contributed by atoms with Crippen LogP contribution in [0.4, 0.5) is 0 Å². The molecular weight excluding hydrogens is 300 g/mol. The Morgan fingerprint density at radius 3 is 2.77 bits per heavy atom. The molecule has 0 bridgehead atoms. The second-order valence-electron chi connectivity index (χ2n) is 2.42. The molecule has 2 nitrogen and oxygen atoms in total. The van der Waals surface area contributed by atoms with Gasteiger partial charge in [-0.3, -0.25) is 4.79 Å². The van der Waals surface area contributed by atoms with Gasteiger partial charge in [-0.25, -0.2) is 0 Å². The van der Waals surface area contributed by atoms with Crippen molar-refractivity contribution >= 4 is 40.0 Å². The number of benzene rings is 1. The van der Waals surface area contributed by atoms with E-state index in [0.29, 0.717) is 10.6 Å². The Labute approximate surface area is 94.6 Å². The van der Waals surface area contributed by atoms with Crippen molar-refractivity contribution in [1.82, 2.24) is 0 Å². The van der Waals surface area contributed by atoms with Crippen LogP contribution in [-0.2, 0) is 0 Å². The van der Waals surface area contributed by atoms with Gasteiger partial charge in [0.1, 0.15) is 0 Å². The van der Waals surface area contributed by atoms with Crippen molar-refractivity contribution in [2.45, 2.75) is 6.42 Å². The fraction of sp³-hybridized carbons (Fsp3) is 0.111. The topological polar surface area (TPSA) is 40.9 Å². The summed E-state index contributed by atoms with van der Waals surface area (Å²) in [5, 5.41) is 8.85. The highest BCUT2D eigenvalue weighted by atomic mass is 127. The molecule has 0 atom stereocenters. The number of ketones is 1. The fourth-order valence-electron chi connectivity index (χ4n) is 0.889. The van der Waals surface area contributed by atoms with E-state index >= 15 is 0 Å². The quantitative estimate of drug-likeness (QED) is 0.622. The van der Waals surface area contributed by atoms with Crippen molar-refractivity contribution in [2.75, 3.05) is 0 Å². The van der Waals surface area contributed by atoms with Gasteiger partial charge in [0.05, 0.1) is 12.5 Å². The van der Waals surface area contributed by atoms with Gasteiger partial charge in [0.2, 0.25) is 0 Å². The zero-order valence-electron chi connectivity index (χ0n) is 6.55. The molecule has 0 aliphatic heterocycles. The minimum Gasteiger partial charge on any atom is -0.293 e. The third-order valence-electron chi connectivity index (χ3n) is 1.42. The Hall–Kier alpha value is -0.600. The molecular formula is C9H5ClINO. The summed E-state index contributed by atoms with van der Waals surface area (Å²) in [6.07, 6.45) is -0.101. The highest BCUT2D eigenvalue weighted by molar-refractivity contribution is 14.1. The first-order valence-electron chi connectivity index (χ1n) is 3.49. The highest BCUT2D eigenvalue weighted by Crippen LogP contribution is 2.17. The van der Waals surface area contributed by atoms with Crippen LogP contribution in [0.15, 0.2) is 18.2 Å². The summed E-state index contributed by atoms with van der Waals surface area (Å²) in [5.74, 6) is -0.192. The number of nitrogens with zero attached hydrogens (tertiary/aromatic N) is 1. The molecule has 1 aromatic carbocycles. The molecule has 0 spiro atoms. The number of hydrogen-bond donors (Lipinski definition) is 0. The van der Waals surface area contributed by atoms with Crippen LogP contribution < -0.4 is 0 Å². The van der Waals surface area contributed by atoms with E-state index in [1.165, 1.54) is 0 Å². The summed E-state index contributed by atoms with van der Waals surface area (Å²) in [7, 11) is 0. The van der Waals surface area contributed by atoms with Gasteiger partial charge >= 0.3 is 0 Å². The lowest BCUT2D eigenvalue weighted by Crippen LogP contribution is -1.97. The first kappa shape index (κ1) is 10.5. The zero-order valence-corrected chi connectivity index (χ0v) is 9.46. The second-order valence-corrected chi connectivity index (χ2v) is 4.10. The minimum atomic E-state index is -0.192. The fourth-order valence-corrected chi connectivity index (χ4v) is 1.98. The predicted molar refractivity (Wildman–Crippen MR) is 58.7 cm³/mol. The van der Waals surface area contributed by atoms with Crippen LogP contribution in [0.3, 0.4) is 0 Å². The molecule has 4 heteroatoms. The van der Waals surface area contributed by atoms with E-state index in [-0.39, 0.29) is 12.2 Å². The van der Waals surface area contributed by atoms with Gasteiger partial charge in [0, 0.05) is 14.2 Å². The first-order chi connectivity index (χ1) is 6.13. The largest absolute Gasteiger partial charge is 0.293 e. The van der Waals surface area contributed by atoms with E-state index in [1.54, 1.807) is 18.2 Å². The summed E-state index contributed by atoms with van der Waals surface area (Å²) >= 11 is 7.83. The third-order valence-corrected chi connectivity index (χ3v) is 2.27. The molecule has 66 valence electrons. The molecule has 0 aliphatic carbocycles. The van der Waals surface area contributed by atoms with Crippen molar-refractivity contribution in [3.63, 3.8) is 0 Å². The number of nitriles is 1. The van der Waals surface area contributed by atoms with Gasteiger partial charge in [0.25, 0.3) is 0 Å². The maximum atomic E-state index is 11.3. The van der Waals surface area contributed by atoms with Gasteiger partial charge in [-0.1, -0.05) is 11.6 Å². The Morgan fingerprint density at radius 2 is 2.23 bits per heavy atom. The molecule has 1 aromatic rings. The average molecular weight is 306 g/mol. The van der Waals surface area contributed by atoms with E-state index in [2.05, 4.69) is 22.6 Å². The average Bonchev–Trinajstić information content (AvgIpc) is 2.03. The molecule has 0 saturated carbocycles. The number of halogens is 2. The maximum Gasteiger partial charge on any atom is 0.176 e. The molecule has 0 heterocycles. The van der Waals surface area contributed by atoms with Crippen LogP contribution in [0, 0.1) is 14.9 Å². The van der Waals surface area contributed by atoms with E-state index in [4.69, 9.17) is 16.9 Å². The van der Waals surface area contributed by atoms with Gasteiger partial charge in [-0.05, 0) is 40.8 Å². The summed E-state index contributed by atoms with van der Waals surface area (Å²) in [6, 6.07) is 6.85. The number of carbonyl (C=O) groups excluding carboxylic acids is 1. The molecule has 0 saturated heterocycles. The molecule has 0 radical (unpaired) electrons. The van der Waals surface area contributed by atoms with Crippen LogP contribution in [0.5, 0.6) is 0 Å². The second kappa shape index (κ2) is 4.58. The molecule has 1 rings (SSSR count). The number of hydrogen-bond acceptors (Lipinski definition) is 2. The van der Waals surface area contributed by atoms with Crippen LogP contribution in [0.2, 0.25) is 5.02 Å². The van der Waals surface area contributed by atoms with Gasteiger partial charge in [-0.15, -0.1) is 0 Å². The Bertz CT molecular complexity index is 363. The zero-order chi connectivity index (χ0) is 9.84. The van der Waals surface area contributed by atoms with Crippen LogP contribution in [0.25, 0.3) is 0 Å². The van der Waals surface area contributed by atoms with Crippen molar-refractivity contribution in [2.24, 2.45) is 0 Å². The molecule has 0 aliphatic rings. The van der Waals surface area contributed by atoms with Crippen molar-refractivity contribution in [1.29, 1.82) is 5.26 Å². The number of Topliss-reactive ketones (excluding diaryl/α,β-unsaturated/α-hetero) is 1. The van der Waals surface area contributed by atoms with E-state index in [0.717, 1.165) is 3.57 Å². The summed E-state index contributed by atoms with van der Waals surface area (Å²) in [4.78, 5) is 11.3. The SMILES string of the molecule is N#CCC(=O)c1cc(Cl)cc(I)c1. The van der Waals surface area contributed by atoms with E-state index < -0.39 is 0 Å². The van der Waals surface area contributed by atoms with Crippen LogP contribution in [0.1, 0.15) is 16.8 Å². The number of rotatable bonds is 2. The smallest absolute Gasteiger partial charge is 0.176 e. The molecule has 0 fully saturated rings. The first-order valence-corrected chi connectivity index (χ1v) is 4.95. The normalized spacial score (nSPS) is 9.31. The standard InChI is InChI=1S/C9H5ClINO/c10-7-3-6(4-8(11)5-7)9(13)1-2-12/h3-5H,1H2. The summed E-state index contributed by atoms with van der Waals surface area (Å²) in [5.41, 5.74) is 0.499. The molecule has 0 aromatic heterocycles. The highest BCUT2D eigenvalue weighted by Gasteiger charge is 2.06. The van der Waals surface area contributed by atoms with E-state index in [9.17, 15) is 4.79 Å². The molecule has 0 amide bonds. The van der Waals surface area contributed by atoms with Crippen LogP contribution >= 0.6 is 34.2 Å². The van der Waals surface area contributed by atoms with Gasteiger partial charge in [-0.2, -0.15) is 5.26 Å². The van der Waals surface area contributed by atoms with Crippen LogP contribution in [-0.4, -0.2) is 5.78 Å².